The molecule has 0 bridgehead atoms. The van der Waals surface area contributed by atoms with Crippen molar-refractivity contribution in [1.82, 2.24) is 4.90 Å². The molecule has 0 aliphatic heterocycles. The van der Waals surface area contributed by atoms with E-state index >= 15 is 0 Å². The van der Waals surface area contributed by atoms with Crippen LogP contribution in [0.5, 0.6) is 0 Å². The summed E-state index contributed by atoms with van der Waals surface area (Å²) in [6, 6.07) is 8.36. The van der Waals surface area contributed by atoms with Crippen LogP contribution in [0.1, 0.15) is 39.3 Å². The third kappa shape index (κ3) is 4.27. The second-order valence-electron chi connectivity index (χ2n) is 5.34. The lowest BCUT2D eigenvalue weighted by atomic mass is 9.98. The van der Waals surface area contributed by atoms with E-state index in [2.05, 4.69) is 38.7 Å². The molecule has 1 rings (SSSR count). The Morgan fingerprint density at radius 3 is 2.39 bits per heavy atom. The van der Waals surface area contributed by atoms with Gasteiger partial charge in [-0.2, -0.15) is 0 Å². The van der Waals surface area contributed by atoms with Gasteiger partial charge in [0.15, 0.2) is 0 Å². The van der Waals surface area contributed by atoms with Gasteiger partial charge in [0.05, 0.1) is 0 Å². The Kier molecular flexibility index (Phi) is 6.13. The summed E-state index contributed by atoms with van der Waals surface area (Å²) >= 11 is 6.09. The van der Waals surface area contributed by atoms with Crippen LogP contribution >= 0.6 is 11.6 Å². The number of likely N-dealkylation sites (N-methyl/N-ethyl adjacent to an activating group) is 1. The Hall–Kier alpha value is -0.570. The molecule has 0 radical (unpaired) electrons. The molecule has 2 nitrogen and oxygen atoms in total. The van der Waals surface area contributed by atoms with Crippen molar-refractivity contribution in [2.75, 3.05) is 13.1 Å². The molecule has 18 heavy (non-hydrogen) atoms. The standard InChI is InChI=1S/C15H25ClN2/c1-5-18(10-11(2)3)15(12(4)17)13-7-6-8-14(16)9-13/h6-9,11-12,15H,5,10,17H2,1-4H3. The van der Waals surface area contributed by atoms with E-state index in [0.717, 1.165) is 18.1 Å². The monoisotopic (exact) mass is 268 g/mol. The number of halogens is 1. The van der Waals surface area contributed by atoms with E-state index in [1.54, 1.807) is 0 Å². The molecular formula is C15H25ClN2. The van der Waals surface area contributed by atoms with Gasteiger partial charge in [0.2, 0.25) is 0 Å². The number of nitrogens with two attached hydrogens (primary N) is 1. The summed E-state index contributed by atoms with van der Waals surface area (Å²) in [7, 11) is 0. The van der Waals surface area contributed by atoms with E-state index < -0.39 is 0 Å². The van der Waals surface area contributed by atoms with Crippen LogP contribution in [0.4, 0.5) is 0 Å². The molecule has 102 valence electrons. The molecule has 2 N–H and O–H groups in total. The van der Waals surface area contributed by atoms with E-state index in [0.29, 0.717) is 5.92 Å². The van der Waals surface area contributed by atoms with E-state index in [-0.39, 0.29) is 12.1 Å². The van der Waals surface area contributed by atoms with E-state index in [9.17, 15) is 0 Å². The van der Waals surface area contributed by atoms with Gasteiger partial charge >= 0.3 is 0 Å². The first-order valence-corrected chi connectivity index (χ1v) is 7.08. The number of hydrogen-bond donors (Lipinski definition) is 1. The van der Waals surface area contributed by atoms with Crippen LogP contribution in [0.3, 0.4) is 0 Å². The van der Waals surface area contributed by atoms with Crippen molar-refractivity contribution in [2.24, 2.45) is 11.7 Å². The van der Waals surface area contributed by atoms with Crippen molar-refractivity contribution >= 4 is 11.6 Å². The van der Waals surface area contributed by atoms with Crippen molar-refractivity contribution in [2.45, 2.75) is 39.8 Å². The highest BCUT2D eigenvalue weighted by Crippen LogP contribution is 2.26. The first-order chi connectivity index (χ1) is 8.45. The predicted octanol–water partition coefficient (Wildman–Crippen LogP) is 3.71. The minimum Gasteiger partial charge on any atom is -0.326 e. The Morgan fingerprint density at radius 2 is 1.94 bits per heavy atom. The van der Waals surface area contributed by atoms with Crippen molar-refractivity contribution in [3.05, 3.63) is 34.9 Å². The Morgan fingerprint density at radius 1 is 1.28 bits per heavy atom. The molecule has 0 amide bonds. The van der Waals surface area contributed by atoms with Crippen LogP contribution in [0.15, 0.2) is 24.3 Å². The molecular weight excluding hydrogens is 244 g/mol. The third-order valence-corrected chi connectivity index (χ3v) is 3.32. The molecule has 0 heterocycles. The van der Waals surface area contributed by atoms with Crippen LogP contribution in [-0.2, 0) is 0 Å². The van der Waals surface area contributed by atoms with E-state index in [1.165, 1.54) is 5.56 Å². The Bertz CT molecular complexity index is 363. The highest BCUT2D eigenvalue weighted by molar-refractivity contribution is 6.30. The molecule has 0 aromatic heterocycles. The van der Waals surface area contributed by atoms with Gasteiger partial charge in [-0.05, 0) is 37.1 Å². The summed E-state index contributed by atoms with van der Waals surface area (Å²) in [5.74, 6) is 0.630. The summed E-state index contributed by atoms with van der Waals surface area (Å²) in [5.41, 5.74) is 7.39. The lowest BCUT2D eigenvalue weighted by Crippen LogP contribution is -2.41. The quantitative estimate of drug-likeness (QED) is 0.852. The number of hydrogen-bond acceptors (Lipinski definition) is 2. The van der Waals surface area contributed by atoms with Crippen LogP contribution in [0.25, 0.3) is 0 Å². The zero-order valence-electron chi connectivity index (χ0n) is 11.9. The normalized spacial score (nSPS) is 15.1. The second-order valence-corrected chi connectivity index (χ2v) is 5.78. The zero-order valence-corrected chi connectivity index (χ0v) is 12.6. The summed E-state index contributed by atoms with van der Waals surface area (Å²) in [4.78, 5) is 2.43. The molecule has 0 spiro atoms. The maximum Gasteiger partial charge on any atom is 0.0496 e. The smallest absolute Gasteiger partial charge is 0.0496 e. The maximum absolute atomic E-state index is 6.19. The minimum absolute atomic E-state index is 0.0853. The van der Waals surface area contributed by atoms with Gasteiger partial charge in [-0.3, -0.25) is 4.90 Å². The van der Waals surface area contributed by atoms with Crippen LogP contribution in [0, 0.1) is 5.92 Å². The van der Waals surface area contributed by atoms with Crippen LogP contribution in [0.2, 0.25) is 5.02 Å². The molecule has 1 aromatic carbocycles. The fourth-order valence-corrected chi connectivity index (χ4v) is 2.64. The number of rotatable bonds is 6. The maximum atomic E-state index is 6.19. The highest BCUT2D eigenvalue weighted by Gasteiger charge is 2.23. The van der Waals surface area contributed by atoms with E-state index in [1.807, 2.05) is 18.2 Å². The van der Waals surface area contributed by atoms with Crippen molar-refractivity contribution < 1.29 is 0 Å². The molecule has 0 aliphatic rings. The molecule has 2 atom stereocenters. The predicted molar refractivity (Wildman–Crippen MR) is 79.9 cm³/mol. The van der Waals surface area contributed by atoms with Crippen molar-refractivity contribution in [1.29, 1.82) is 0 Å². The third-order valence-electron chi connectivity index (χ3n) is 3.09. The average Bonchev–Trinajstić information content (AvgIpc) is 2.27. The SMILES string of the molecule is CCN(CC(C)C)C(c1cccc(Cl)c1)C(C)N. The Labute approximate surface area is 116 Å². The fraction of sp³-hybridized carbons (Fsp3) is 0.600. The zero-order chi connectivity index (χ0) is 13.7. The minimum atomic E-state index is 0.0853. The van der Waals surface area contributed by atoms with Gasteiger partial charge in [0, 0.05) is 23.7 Å². The topological polar surface area (TPSA) is 29.3 Å². The van der Waals surface area contributed by atoms with Crippen LogP contribution in [-0.4, -0.2) is 24.0 Å². The highest BCUT2D eigenvalue weighted by atomic mass is 35.5. The number of benzene rings is 1. The first-order valence-electron chi connectivity index (χ1n) is 6.70. The first kappa shape index (κ1) is 15.5. The van der Waals surface area contributed by atoms with Gasteiger partial charge in [-0.25, -0.2) is 0 Å². The molecule has 2 unspecified atom stereocenters. The molecule has 1 aromatic rings. The summed E-state index contributed by atoms with van der Waals surface area (Å²) < 4.78 is 0. The van der Waals surface area contributed by atoms with Gasteiger partial charge in [-0.1, -0.05) is 44.5 Å². The molecule has 0 saturated heterocycles. The lowest BCUT2D eigenvalue weighted by molar-refractivity contribution is 0.166. The number of nitrogens with zero attached hydrogens (tertiary/aromatic N) is 1. The molecule has 3 heteroatoms. The van der Waals surface area contributed by atoms with E-state index in [4.69, 9.17) is 17.3 Å². The van der Waals surface area contributed by atoms with Gasteiger partial charge < -0.3 is 5.73 Å². The van der Waals surface area contributed by atoms with Gasteiger partial charge in [-0.15, -0.1) is 0 Å². The van der Waals surface area contributed by atoms with Gasteiger partial charge in [0.25, 0.3) is 0 Å². The summed E-state index contributed by atoms with van der Waals surface area (Å²) in [6.07, 6.45) is 0. The molecule has 0 aliphatic carbocycles. The summed E-state index contributed by atoms with van der Waals surface area (Å²) in [5, 5.41) is 0.777. The molecule has 0 fully saturated rings. The van der Waals surface area contributed by atoms with Crippen LogP contribution < -0.4 is 5.73 Å². The summed E-state index contributed by atoms with van der Waals surface area (Å²) in [6.45, 7) is 10.8. The largest absolute Gasteiger partial charge is 0.326 e. The molecule has 0 saturated carbocycles. The van der Waals surface area contributed by atoms with Crippen molar-refractivity contribution in [3.63, 3.8) is 0 Å². The fourth-order valence-electron chi connectivity index (χ4n) is 2.45. The van der Waals surface area contributed by atoms with Gasteiger partial charge in [0.1, 0.15) is 0 Å². The second kappa shape index (κ2) is 7.13. The Balaban J connectivity index is 3.00. The average molecular weight is 269 g/mol. The van der Waals surface area contributed by atoms with Crippen molar-refractivity contribution in [3.8, 4) is 0 Å². The lowest BCUT2D eigenvalue weighted by Gasteiger charge is -2.35.